The van der Waals surface area contributed by atoms with Gasteiger partial charge in [-0.1, -0.05) is 59.8 Å². The predicted molar refractivity (Wildman–Crippen MR) is 155 cm³/mol. The third kappa shape index (κ3) is 6.93. The van der Waals surface area contributed by atoms with Crippen LogP contribution in [0.1, 0.15) is 28.4 Å². The molecule has 3 aromatic rings. The molecule has 0 atom stereocenters. The maximum Gasteiger partial charge on any atom is 0.285 e. The molecule has 0 unspecified atom stereocenters. The van der Waals surface area contributed by atoms with Crippen molar-refractivity contribution in [1.29, 1.82) is 0 Å². The summed E-state index contributed by atoms with van der Waals surface area (Å²) in [5.41, 5.74) is 4.77. The number of benzene rings is 3. The zero-order chi connectivity index (χ0) is 26.4. The molecule has 0 spiro atoms. The second-order valence-electron chi connectivity index (χ2n) is 7.82. The van der Waals surface area contributed by atoms with Gasteiger partial charge in [-0.3, -0.25) is 15.0 Å². The minimum Gasteiger partial charge on any atom is -0.490 e. The van der Waals surface area contributed by atoms with E-state index in [2.05, 4.69) is 33.5 Å². The lowest BCUT2D eigenvalue weighted by molar-refractivity contribution is -0.123. The zero-order valence-corrected chi connectivity index (χ0v) is 23.7. The lowest BCUT2D eigenvalue weighted by atomic mass is 10.1. The number of hydrazine groups is 1. The Morgan fingerprint density at radius 1 is 1.14 bits per heavy atom. The number of nitrogens with one attached hydrogen (secondary N) is 1. The predicted octanol–water partition coefficient (Wildman–Crippen LogP) is 6.67. The summed E-state index contributed by atoms with van der Waals surface area (Å²) >= 11 is 16.0. The normalized spacial score (nSPS) is 14.2. The maximum atomic E-state index is 13.0. The topological polar surface area (TPSA) is 67.9 Å². The largest absolute Gasteiger partial charge is 0.490 e. The van der Waals surface area contributed by atoms with E-state index in [4.69, 9.17) is 33.3 Å². The first-order valence-electron chi connectivity index (χ1n) is 11.3. The van der Waals surface area contributed by atoms with Crippen molar-refractivity contribution in [3.05, 3.63) is 97.8 Å². The summed E-state index contributed by atoms with van der Waals surface area (Å²) in [6, 6.07) is 20.2. The molecule has 1 aliphatic rings. The molecule has 6 nitrogen and oxygen atoms in total. The van der Waals surface area contributed by atoms with E-state index in [0.717, 1.165) is 23.2 Å². The smallest absolute Gasteiger partial charge is 0.285 e. The van der Waals surface area contributed by atoms with Gasteiger partial charge in [-0.25, -0.2) is 0 Å². The molecular weight excluding hydrogens is 596 g/mol. The molecule has 0 aliphatic carbocycles. The Hall–Kier alpha value is -2.85. The Morgan fingerprint density at radius 3 is 2.65 bits per heavy atom. The fraction of sp³-hybridized carbons (Fsp3) is 0.148. The van der Waals surface area contributed by atoms with Crippen molar-refractivity contribution in [2.45, 2.75) is 13.3 Å². The molecule has 3 aromatic carbocycles. The second kappa shape index (κ2) is 12.6. The number of rotatable bonds is 9. The molecule has 1 fully saturated rings. The summed E-state index contributed by atoms with van der Waals surface area (Å²) in [4.78, 5) is 26.0. The highest BCUT2D eigenvalue weighted by Crippen LogP contribution is 2.39. The van der Waals surface area contributed by atoms with E-state index >= 15 is 0 Å². The van der Waals surface area contributed by atoms with Crippen LogP contribution in [0.15, 0.2) is 76.1 Å². The van der Waals surface area contributed by atoms with Crippen LogP contribution in [0.25, 0.3) is 6.08 Å². The lowest BCUT2D eigenvalue weighted by Gasteiger charge is -2.16. The number of thioether (sulfide) groups is 1. The zero-order valence-electron chi connectivity index (χ0n) is 19.7. The van der Waals surface area contributed by atoms with Gasteiger partial charge in [0, 0.05) is 17.0 Å². The molecule has 0 saturated carbocycles. The van der Waals surface area contributed by atoms with Gasteiger partial charge in [-0.15, -0.1) is 0 Å². The highest BCUT2D eigenvalue weighted by molar-refractivity contribution is 9.10. The van der Waals surface area contributed by atoms with Gasteiger partial charge < -0.3 is 9.47 Å². The number of nitrogens with zero attached hydrogens (tertiary/aromatic N) is 1. The average Bonchev–Trinajstić information content (AvgIpc) is 3.13. The summed E-state index contributed by atoms with van der Waals surface area (Å²) in [5, 5.41) is 1.48. The molecule has 1 saturated heterocycles. The quantitative estimate of drug-likeness (QED) is 0.214. The van der Waals surface area contributed by atoms with Crippen LogP contribution in [-0.2, 0) is 11.2 Å². The molecule has 0 bridgehead atoms. The van der Waals surface area contributed by atoms with Crippen LogP contribution in [0.2, 0.25) is 5.02 Å². The minimum absolute atomic E-state index is 0.219. The number of carbonyl (C=O) groups excluding carboxylic acids is 2. The molecule has 1 aliphatic heterocycles. The monoisotopic (exact) mass is 616 g/mol. The van der Waals surface area contributed by atoms with Gasteiger partial charge in [0.15, 0.2) is 15.8 Å². The van der Waals surface area contributed by atoms with Gasteiger partial charge in [0.1, 0.15) is 0 Å². The number of halogens is 2. The highest BCUT2D eigenvalue weighted by Gasteiger charge is 2.34. The Bertz CT molecular complexity index is 1370. The van der Waals surface area contributed by atoms with Crippen molar-refractivity contribution in [2.24, 2.45) is 0 Å². The summed E-state index contributed by atoms with van der Waals surface area (Å²) < 4.78 is 12.8. The van der Waals surface area contributed by atoms with Crippen molar-refractivity contribution in [1.82, 2.24) is 10.4 Å². The van der Waals surface area contributed by atoms with Crippen LogP contribution in [-0.4, -0.2) is 34.4 Å². The molecule has 4 rings (SSSR count). The molecule has 10 heteroatoms. The number of carbonyl (C=O) groups is 2. The number of ether oxygens (including phenoxy) is 2. The van der Waals surface area contributed by atoms with Gasteiger partial charge in [-0.2, -0.15) is 5.01 Å². The summed E-state index contributed by atoms with van der Waals surface area (Å²) in [6.07, 6.45) is 2.45. The number of amides is 2. The number of thiocarbonyl (C=S) groups is 1. The van der Waals surface area contributed by atoms with Crippen LogP contribution in [0.5, 0.6) is 11.5 Å². The van der Waals surface area contributed by atoms with Crippen LogP contribution in [0.4, 0.5) is 0 Å². The second-order valence-corrected chi connectivity index (χ2v) is 10.8. The Balaban J connectivity index is 1.49. The summed E-state index contributed by atoms with van der Waals surface area (Å²) in [7, 11) is 0. The first kappa shape index (κ1) is 27.2. The van der Waals surface area contributed by atoms with E-state index in [9.17, 15) is 9.59 Å². The van der Waals surface area contributed by atoms with Gasteiger partial charge >= 0.3 is 0 Å². The van der Waals surface area contributed by atoms with Crippen molar-refractivity contribution in [3.63, 3.8) is 0 Å². The Labute approximate surface area is 238 Å². The van der Waals surface area contributed by atoms with E-state index in [1.54, 1.807) is 24.3 Å². The number of hydrogen-bond acceptors (Lipinski definition) is 6. The summed E-state index contributed by atoms with van der Waals surface area (Å²) in [5.74, 6) is 0.235. The highest BCUT2D eigenvalue weighted by atomic mass is 79.9. The van der Waals surface area contributed by atoms with E-state index in [-0.39, 0.29) is 4.32 Å². The van der Waals surface area contributed by atoms with Gasteiger partial charge in [0.25, 0.3) is 11.8 Å². The first-order valence-corrected chi connectivity index (χ1v) is 13.7. The van der Waals surface area contributed by atoms with Crippen molar-refractivity contribution in [3.8, 4) is 11.5 Å². The fourth-order valence-corrected chi connectivity index (χ4v) is 5.45. The molecule has 2 amide bonds. The van der Waals surface area contributed by atoms with E-state index in [1.807, 2.05) is 37.3 Å². The van der Waals surface area contributed by atoms with Crippen LogP contribution < -0.4 is 14.9 Å². The molecular formula is C27H22BrClN2O4S2. The molecule has 190 valence electrons. The van der Waals surface area contributed by atoms with E-state index < -0.39 is 11.8 Å². The lowest BCUT2D eigenvalue weighted by Crippen LogP contribution is -2.44. The van der Waals surface area contributed by atoms with Crippen molar-refractivity contribution < 1.29 is 19.1 Å². The maximum absolute atomic E-state index is 13.0. The summed E-state index contributed by atoms with van der Waals surface area (Å²) in [6.45, 7) is 2.82. The first-order chi connectivity index (χ1) is 17.9. The van der Waals surface area contributed by atoms with Crippen LogP contribution >= 0.6 is 51.5 Å². The van der Waals surface area contributed by atoms with Crippen molar-refractivity contribution in [2.75, 3.05) is 13.2 Å². The third-order valence-electron chi connectivity index (χ3n) is 5.20. The van der Waals surface area contributed by atoms with E-state index in [0.29, 0.717) is 50.2 Å². The molecule has 0 radical (unpaired) electrons. The SMILES string of the molecule is CCOc1cc(/C=C2\SC(=S)N(NC(=O)c3cccc(Cl)c3)C2=O)cc(Br)c1OCCc1ccccc1. The standard InChI is InChI=1S/C27H22BrClN2O4S2/c1-2-34-22-14-18(13-21(28)24(22)35-12-11-17-7-4-3-5-8-17)15-23-26(33)31(27(36)37-23)30-25(32)19-9-6-10-20(29)16-19/h3-10,13-16H,2,11-12H2,1H3,(H,30,32)/b23-15-. The third-order valence-corrected chi connectivity index (χ3v) is 7.33. The molecule has 0 aromatic heterocycles. The average molecular weight is 618 g/mol. The molecule has 1 N–H and O–H groups in total. The Kier molecular flexibility index (Phi) is 9.26. The fourth-order valence-electron chi connectivity index (χ4n) is 3.50. The number of hydrogen-bond donors (Lipinski definition) is 1. The Morgan fingerprint density at radius 2 is 1.92 bits per heavy atom. The van der Waals surface area contributed by atoms with Gasteiger partial charge in [0.2, 0.25) is 0 Å². The van der Waals surface area contributed by atoms with E-state index in [1.165, 1.54) is 11.6 Å². The van der Waals surface area contributed by atoms with Crippen molar-refractivity contribution >= 4 is 73.7 Å². The molecule has 1 heterocycles. The van der Waals surface area contributed by atoms with Crippen LogP contribution in [0.3, 0.4) is 0 Å². The van der Waals surface area contributed by atoms with Gasteiger partial charge in [0.05, 0.1) is 22.6 Å². The minimum atomic E-state index is -0.488. The van der Waals surface area contributed by atoms with Crippen LogP contribution in [0, 0.1) is 0 Å². The molecule has 37 heavy (non-hydrogen) atoms. The van der Waals surface area contributed by atoms with Gasteiger partial charge in [-0.05, 0) is 82.6 Å².